The maximum atomic E-state index is 11.8. The molecule has 0 bridgehead atoms. The molecular weight excluding hydrogens is 236 g/mol. The number of nitrogens with one attached hydrogen (secondary N) is 1. The summed E-state index contributed by atoms with van der Waals surface area (Å²) in [6.45, 7) is 2.87. The fraction of sp³-hybridized carbons (Fsp3) is 0.417. The third-order valence-corrected chi connectivity index (χ3v) is 4.78. The summed E-state index contributed by atoms with van der Waals surface area (Å²) in [6, 6.07) is 6.96. The number of nitrogens with zero attached hydrogens (tertiary/aromatic N) is 1. The molecule has 17 heavy (non-hydrogen) atoms. The lowest BCUT2D eigenvalue weighted by atomic mass is 10.1. The Morgan fingerprint density at radius 2 is 2.06 bits per heavy atom. The molecule has 5 heteroatoms. The van der Waals surface area contributed by atoms with Gasteiger partial charge in [-0.15, -0.1) is 0 Å². The Kier molecular flexibility index (Phi) is 2.10. The Hall–Kier alpha value is -1.36. The fourth-order valence-corrected chi connectivity index (χ4v) is 3.14. The van der Waals surface area contributed by atoms with Crippen LogP contribution in [-0.2, 0) is 10.0 Å². The number of aliphatic imine (C=N–C) groups is 1. The van der Waals surface area contributed by atoms with E-state index in [9.17, 15) is 8.42 Å². The van der Waals surface area contributed by atoms with Crippen molar-refractivity contribution >= 4 is 15.9 Å². The van der Waals surface area contributed by atoms with E-state index in [-0.39, 0.29) is 5.41 Å². The number of amidine groups is 1. The second-order valence-electron chi connectivity index (χ2n) is 5.08. The zero-order valence-electron chi connectivity index (χ0n) is 9.60. The topological polar surface area (TPSA) is 58.5 Å². The maximum Gasteiger partial charge on any atom is 0.263 e. The van der Waals surface area contributed by atoms with Crippen LogP contribution in [0.25, 0.3) is 0 Å². The Morgan fingerprint density at radius 3 is 2.76 bits per heavy atom. The first-order valence-corrected chi connectivity index (χ1v) is 7.15. The summed E-state index contributed by atoms with van der Waals surface area (Å²) < 4.78 is 26.1. The van der Waals surface area contributed by atoms with Gasteiger partial charge < -0.3 is 0 Å². The standard InChI is InChI=1S/C12H14N2O2S/c1-12(6-7-12)8-13-11-9-4-2-3-5-10(9)17(15,16)14-11/h2-5H,6-8H2,1H3,(H,13,14). The van der Waals surface area contributed by atoms with Crippen molar-refractivity contribution in [3.63, 3.8) is 0 Å². The first-order chi connectivity index (χ1) is 8.00. The van der Waals surface area contributed by atoms with Crippen LogP contribution in [0.15, 0.2) is 34.2 Å². The average molecular weight is 250 g/mol. The summed E-state index contributed by atoms with van der Waals surface area (Å²) in [5, 5.41) is 0. The first kappa shape index (κ1) is 10.8. The molecule has 0 spiro atoms. The van der Waals surface area contributed by atoms with Gasteiger partial charge in [-0.1, -0.05) is 19.1 Å². The van der Waals surface area contributed by atoms with Gasteiger partial charge in [0.2, 0.25) is 0 Å². The van der Waals surface area contributed by atoms with E-state index < -0.39 is 10.0 Å². The molecule has 0 amide bonds. The van der Waals surface area contributed by atoms with Gasteiger partial charge in [0.1, 0.15) is 5.84 Å². The molecule has 1 heterocycles. The van der Waals surface area contributed by atoms with Crippen molar-refractivity contribution in [2.75, 3.05) is 6.54 Å². The molecule has 0 atom stereocenters. The molecule has 4 nitrogen and oxygen atoms in total. The maximum absolute atomic E-state index is 11.8. The van der Waals surface area contributed by atoms with E-state index in [1.807, 2.05) is 6.07 Å². The van der Waals surface area contributed by atoms with Crippen LogP contribution < -0.4 is 4.72 Å². The van der Waals surface area contributed by atoms with Gasteiger partial charge in [-0.3, -0.25) is 9.71 Å². The molecule has 1 saturated carbocycles. The Bertz CT molecular complexity index is 601. The number of benzene rings is 1. The molecule has 90 valence electrons. The van der Waals surface area contributed by atoms with Crippen molar-refractivity contribution in [1.29, 1.82) is 0 Å². The van der Waals surface area contributed by atoms with Gasteiger partial charge in [-0.2, -0.15) is 0 Å². The minimum absolute atomic E-state index is 0.288. The molecule has 1 aliphatic heterocycles. The van der Waals surface area contributed by atoms with Gasteiger partial charge in [-0.25, -0.2) is 8.42 Å². The second-order valence-corrected chi connectivity index (χ2v) is 6.73. The largest absolute Gasteiger partial charge is 0.267 e. The van der Waals surface area contributed by atoms with Crippen LogP contribution >= 0.6 is 0 Å². The summed E-state index contributed by atoms with van der Waals surface area (Å²) in [5.74, 6) is 0.494. The highest BCUT2D eigenvalue weighted by molar-refractivity contribution is 7.90. The molecule has 1 aromatic rings. The van der Waals surface area contributed by atoms with E-state index in [0.29, 0.717) is 22.8 Å². The highest BCUT2D eigenvalue weighted by Crippen LogP contribution is 2.45. The van der Waals surface area contributed by atoms with Crippen LogP contribution in [0.1, 0.15) is 25.3 Å². The monoisotopic (exact) mass is 250 g/mol. The molecule has 1 aliphatic carbocycles. The van der Waals surface area contributed by atoms with E-state index in [1.165, 1.54) is 12.8 Å². The quantitative estimate of drug-likeness (QED) is 0.865. The number of sulfonamides is 1. The Labute approximate surface area is 101 Å². The van der Waals surface area contributed by atoms with Crippen molar-refractivity contribution in [3.8, 4) is 0 Å². The molecule has 2 aliphatic rings. The first-order valence-electron chi connectivity index (χ1n) is 5.67. The van der Waals surface area contributed by atoms with Crippen molar-refractivity contribution in [2.45, 2.75) is 24.7 Å². The minimum atomic E-state index is -3.38. The summed E-state index contributed by atoms with van der Waals surface area (Å²) in [6.07, 6.45) is 2.36. The Morgan fingerprint density at radius 1 is 1.35 bits per heavy atom. The third kappa shape index (κ3) is 1.84. The third-order valence-electron chi connectivity index (χ3n) is 3.39. The summed E-state index contributed by atoms with van der Waals surface area (Å²) in [5.41, 5.74) is 0.979. The molecule has 1 aromatic carbocycles. The zero-order valence-corrected chi connectivity index (χ0v) is 10.4. The zero-order chi connectivity index (χ0) is 12.1. The fourth-order valence-electron chi connectivity index (χ4n) is 1.89. The summed E-state index contributed by atoms with van der Waals surface area (Å²) in [4.78, 5) is 4.75. The predicted octanol–water partition coefficient (Wildman–Crippen LogP) is 1.53. The van der Waals surface area contributed by atoms with Gasteiger partial charge in [-0.05, 0) is 30.4 Å². The number of hydrogen-bond donors (Lipinski definition) is 1. The molecule has 1 N–H and O–H groups in total. The molecule has 1 fully saturated rings. The van der Waals surface area contributed by atoms with Gasteiger partial charge in [0.15, 0.2) is 0 Å². The number of hydrogen-bond acceptors (Lipinski definition) is 3. The van der Waals surface area contributed by atoms with Crippen LogP contribution in [0.4, 0.5) is 0 Å². The van der Waals surface area contributed by atoms with E-state index in [1.54, 1.807) is 18.2 Å². The van der Waals surface area contributed by atoms with Crippen molar-refractivity contribution < 1.29 is 8.42 Å². The highest BCUT2D eigenvalue weighted by Gasteiger charge is 2.38. The van der Waals surface area contributed by atoms with Gasteiger partial charge in [0.05, 0.1) is 4.90 Å². The summed E-state index contributed by atoms with van der Waals surface area (Å²) >= 11 is 0. The van der Waals surface area contributed by atoms with Crippen LogP contribution in [0, 0.1) is 5.41 Å². The lowest BCUT2D eigenvalue weighted by molar-refractivity contribution is 0.587. The molecule has 3 rings (SSSR count). The van der Waals surface area contributed by atoms with Gasteiger partial charge >= 0.3 is 0 Å². The molecular formula is C12H14N2O2S. The average Bonchev–Trinajstić information content (AvgIpc) is 2.97. The van der Waals surface area contributed by atoms with Crippen molar-refractivity contribution in [2.24, 2.45) is 10.4 Å². The molecule has 0 unspecified atom stereocenters. The van der Waals surface area contributed by atoms with E-state index in [2.05, 4.69) is 16.6 Å². The van der Waals surface area contributed by atoms with Crippen LogP contribution in [0.3, 0.4) is 0 Å². The van der Waals surface area contributed by atoms with Crippen LogP contribution in [-0.4, -0.2) is 20.8 Å². The number of rotatable bonds is 2. The predicted molar refractivity (Wildman–Crippen MR) is 65.5 cm³/mol. The molecule has 0 aromatic heterocycles. The molecule has 0 saturated heterocycles. The van der Waals surface area contributed by atoms with Crippen molar-refractivity contribution in [1.82, 2.24) is 4.72 Å². The van der Waals surface area contributed by atoms with Gasteiger partial charge in [0, 0.05) is 12.1 Å². The minimum Gasteiger partial charge on any atom is -0.267 e. The lowest BCUT2D eigenvalue weighted by Gasteiger charge is -2.04. The second kappa shape index (κ2) is 3.32. The Balaban J connectivity index is 1.99. The molecule has 0 radical (unpaired) electrons. The summed E-state index contributed by atoms with van der Waals surface area (Å²) in [7, 11) is -3.38. The van der Waals surface area contributed by atoms with Crippen LogP contribution in [0.2, 0.25) is 0 Å². The van der Waals surface area contributed by atoms with E-state index >= 15 is 0 Å². The van der Waals surface area contributed by atoms with Gasteiger partial charge in [0.25, 0.3) is 10.0 Å². The van der Waals surface area contributed by atoms with E-state index in [0.717, 1.165) is 0 Å². The van der Waals surface area contributed by atoms with E-state index in [4.69, 9.17) is 0 Å². The highest BCUT2D eigenvalue weighted by atomic mass is 32.2. The van der Waals surface area contributed by atoms with Crippen LogP contribution in [0.5, 0.6) is 0 Å². The lowest BCUT2D eigenvalue weighted by Crippen LogP contribution is -2.23. The number of fused-ring (bicyclic) bond motifs is 1. The SMILES string of the molecule is CC1(CN=C2NS(=O)(=O)c3ccccc32)CC1. The van der Waals surface area contributed by atoms with Crippen molar-refractivity contribution in [3.05, 3.63) is 29.8 Å². The normalized spacial score (nSPS) is 25.4. The smallest absolute Gasteiger partial charge is 0.263 e.